The van der Waals surface area contributed by atoms with Crippen LogP contribution in [0.3, 0.4) is 0 Å². The maximum atomic E-state index is 11.6. The largest absolute Gasteiger partial charge is 0.350 e. The molecule has 2 aliphatic heterocycles. The molecular weight excluding hydrogens is 190 g/mol. The van der Waals surface area contributed by atoms with Crippen molar-refractivity contribution < 1.29 is 0 Å². The third kappa shape index (κ3) is 0.794. The van der Waals surface area contributed by atoms with Crippen LogP contribution in [0.2, 0.25) is 0 Å². The van der Waals surface area contributed by atoms with Gasteiger partial charge in [-0.2, -0.15) is 0 Å². The number of aromatic nitrogens is 2. The average molecular weight is 203 g/mol. The van der Waals surface area contributed by atoms with E-state index < -0.39 is 0 Å². The Bertz CT molecular complexity index is 495. The first-order valence-corrected chi connectivity index (χ1v) is 5.62. The van der Waals surface area contributed by atoms with E-state index in [2.05, 4.69) is 9.88 Å². The molecule has 15 heavy (non-hydrogen) atoms. The molecule has 2 bridgehead atoms. The zero-order chi connectivity index (χ0) is 10.0. The maximum Gasteiger partial charge on any atom is 0.349 e. The van der Waals surface area contributed by atoms with Gasteiger partial charge in [-0.05, 0) is 31.2 Å². The molecule has 3 aliphatic rings. The number of hydrogen-bond donors (Lipinski definition) is 0. The molecule has 1 aromatic rings. The summed E-state index contributed by atoms with van der Waals surface area (Å²) in [6, 6.07) is 1.98. The minimum absolute atomic E-state index is 0.0836. The molecule has 1 spiro atoms. The average Bonchev–Trinajstić information content (AvgIpc) is 2.85. The molecule has 1 aliphatic carbocycles. The van der Waals surface area contributed by atoms with Gasteiger partial charge in [-0.15, -0.1) is 0 Å². The van der Waals surface area contributed by atoms with Gasteiger partial charge in [0.15, 0.2) is 0 Å². The van der Waals surface area contributed by atoms with Gasteiger partial charge in [0.2, 0.25) is 0 Å². The van der Waals surface area contributed by atoms with Gasteiger partial charge < -0.3 is 4.90 Å². The van der Waals surface area contributed by atoms with Crippen molar-refractivity contribution in [2.45, 2.75) is 31.3 Å². The van der Waals surface area contributed by atoms with Gasteiger partial charge in [-0.25, -0.2) is 9.78 Å². The van der Waals surface area contributed by atoms with E-state index >= 15 is 0 Å². The van der Waals surface area contributed by atoms with Crippen molar-refractivity contribution in [2.24, 2.45) is 5.92 Å². The highest BCUT2D eigenvalue weighted by molar-refractivity contribution is 5.50. The van der Waals surface area contributed by atoms with Crippen molar-refractivity contribution in [1.82, 2.24) is 9.55 Å². The van der Waals surface area contributed by atoms with E-state index in [0.717, 1.165) is 24.8 Å². The molecule has 1 saturated heterocycles. The van der Waals surface area contributed by atoms with Crippen LogP contribution in [0.25, 0.3) is 0 Å². The highest BCUT2D eigenvalue weighted by Gasteiger charge is 2.54. The molecule has 2 atom stereocenters. The Labute approximate surface area is 87.5 Å². The summed E-state index contributed by atoms with van der Waals surface area (Å²) in [5.74, 6) is 1.96. The molecule has 0 N–H and O–H groups in total. The van der Waals surface area contributed by atoms with Gasteiger partial charge in [0, 0.05) is 12.7 Å². The lowest BCUT2D eigenvalue weighted by atomic mass is 9.99. The van der Waals surface area contributed by atoms with Crippen LogP contribution in [-0.4, -0.2) is 21.6 Å². The van der Waals surface area contributed by atoms with Gasteiger partial charge in [-0.1, -0.05) is 0 Å². The number of piperidine rings is 1. The van der Waals surface area contributed by atoms with Gasteiger partial charge in [0.05, 0.1) is 12.1 Å². The van der Waals surface area contributed by atoms with Crippen LogP contribution in [0.1, 0.15) is 19.3 Å². The summed E-state index contributed by atoms with van der Waals surface area (Å²) in [5.41, 5.74) is 0.194. The minimum Gasteiger partial charge on any atom is -0.350 e. The molecule has 0 aromatic carbocycles. The summed E-state index contributed by atoms with van der Waals surface area (Å²) >= 11 is 0. The summed E-state index contributed by atoms with van der Waals surface area (Å²) in [6.07, 6.45) is 5.50. The summed E-state index contributed by atoms with van der Waals surface area (Å²) in [6.45, 7) is 2.01. The molecule has 2 fully saturated rings. The molecule has 3 heterocycles. The highest BCUT2D eigenvalue weighted by Crippen LogP contribution is 2.52. The Kier molecular flexibility index (Phi) is 1.19. The van der Waals surface area contributed by atoms with Crippen molar-refractivity contribution in [3.63, 3.8) is 0 Å². The lowest BCUT2D eigenvalue weighted by Crippen LogP contribution is -2.42. The van der Waals surface area contributed by atoms with Crippen LogP contribution in [0.5, 0.6) is 0 Å². The van der Waals surface area contributed by atoms with Crippen LogP contribution >= 0.6 is 0 Å². The second-order valence-electron chi connectivity index (χ2n) is 5.12. The fourth-order valence-corrected chi connectivity index (χ4v) is 3.74. The number of anilines is 1. The molecule has 4 rings (SSSR count). The van der Waals surface area contributed by atoms with Gasteiger partial charge >= 0.3 is 5.69 Å². The fraction of sp³-hybridized carbons (Fsp3) is 0.636. The molecule has 2 unspecified atom stereocenters. The number of fused-ring (bicyclic) bond motifs is 3. The normalized spacial score (nSPS) is 35.7. The van der Waals surface area contributed by atoms with Crippen LogP contribution < -0.4 is 10.6 Å². The van der Waals surface area contributed by atoms with Crippen LogP contribution in [-0.2, 0) is 6.54 Å². The Balaban J connectivity index is 1.94. The highest BCUT2D eigenvalue weighted by atomic mass is 16.1. The smallest absolute Gasteiger partial charge is 0.349 e. The summed E-state index contributed by atoms with van der Waals surface area (Å²) < 4.78 is 1.85. The predicted octanol–water partition coefficient (Wildman–Crippen LogP) is 0.616. The summed E-state index contributed by atoms with van der Waals surface area (Å²) in [7, 11) is 0. The van der Waals surface area contributed by atoms with Crippen molar-refractivity contribution >= 4 is 5.82 Å². The molecule has 4 heteroatoms. The van der Waals surface area contributed by atoms with E-state index in [1.54, 1.807) is 6.20 Å². The number of rotatable bonds is 0. The van der Waals surface area contributed by atoms with Crippen LogP contribution in [0.15, 0.2) is 17.1 Å². The lowest BCUT2D eigenvalue weighted by Gasteiger charge is -2.32. The Morgan fingerprint density at radius 3 is 3.33 bits per heavy atom. The first kappa shape index (κ1) is 7.91. The van der Waals surface area contributed by atoms with Crippen LogP contribution in [0.4, 0.5) is 5.82 Å². The van der Waals surface area contributed by atoms with Crippen molar-refractivity contribution in [2.75, 3.05) is 11.4 Å². The summed E-state index contributed by atoms with van der Waals surface area (Å²) in [4.78, 5) is 17.9. The fourth-order valence-electron chi connectivity index (χ4n) is 3.74. The predicted molar refractivity (Wildman–Crippen MR) is 55.9 cm³/mol. The number of hydrogen-bond acceptors (Lipinski definition) is 3. The third-order valence-electron chi connectivity index (χ3n) is 4.34. The SMILES string of the molecule is O=c1nccc2n1CC13CCC(CN21)C3. The standard InChI is InChI=1S/C11H13N3O/c15-10-12-4-2-9-13(10)7-11-3-1-8(5-11)6-14(9)11/h2,4,8H,1,3,5-7H2. The Hall–Kier alpha value is -1.32. The van der Waals surface area contributed by atoms with Gasteiger partial charge in [0.25, 0.3) is 0 Å². The van der Waals surface area contributed by atoms with Crippen LogP contribution in [0, 0.1) is 5.92 Å². The minimum atomic E-state index is -0.0836. The zero-order valence-electron chi connectivity index (χ0n) is 8.52. The lowest BCUT2D eigenvalue weighted by molar-refractivity contribution is 0.410. The van der Waals surface area contributed by atoms with E-state index in [-0.39, 0.29) is 11.2 Å². The molecule has 0 amide bonds. The molecule has 1 saturated carbocycles. The molecular formula is C11H13N3O. The first-order valence-electron chi connectivity index (χ1n) is 5.62. The molecule has 78 valence electrons. The Morgan fingerprint density at radius 2 is 2.47 bits per heavy atom. The van der Waals surface area contributed by atoms with E-state index in [0.29, 0.717) is 0 Å². The van der Waals surface area contributed by atoms with E-state index in [1.165, 1.54) is 19.3 Å². The second-order valence-corrected chi connectivity index (χ2v) is 5.12. The number of nitrogens with zero attached hydrogens (tertiary/aromatic N) is 3. The zero-order valence-corrected chi connectivity index (χ0v) is 8.52. The maximum absolute atomic E-state index is 11.6. The first-order chi connectivity index (χ1) is 7.28. The van der Waals surface area contributed by atoms with E-state index in [4.69, 9.17) is 0 Å². The van der Waals surface area contributed by atoms with Crippen molar-refractivity contribution in [3.05, 3.63) is 22.7 Å². The van der Waals surface area contributed by atoms with Crippen molar-refractivity contribution in [3.8, 4) is 0 Å². The van der Waals surface area contributed by atoms with Crippen molar-refractivity contribution in [1.29, 1.82) is 0 Å². The van der Waals surface area contributed by atoms with E-state index in [1.807, 2.05) is 10.6 Å². The molecule has 1 aromatic heterocycles. The monoisotopic (exact) mass is 203 g/mol. The second kappa shape index (κ2) is 2.26. The van der Waals surface area contributed by atoms with Gasteiger partial charge in [0.1, 0.15) is 5.82 Å². The molecule has 0 radical (unpaired) electrons. The summed E-state index contributed by atoms with van der Waals surface area (Å²) in [5, 5.41) is 0. The topological polar surface area (TPSA) is 38.1 Å². The van der Waals surface area contributed by atoms with E-state index in [9.17, 15) is 4.79 Å². The Morgan fingerprint density at radius 1 is 1.53 bits per heavy atom. The van der Waals surface area contributed by atoms with Gasteiger partial charge in [-0.3, -0.25) is 4.57 Å². The molecule has 4 nitrogen and oxygen atoms in total. The quantitative estimate of drug-likeness (QED) is 0.620. The third-order valence-corrected chi connectivity index (χ3v) is 4.34.